The van der Waals surface area contributed by atoms with Crippen LogP contribution in [-0.4, -0.2) is 43.4 Å². The fourth-order valence-corrected chi connectivity index (χ4v) is 6.15. The summed E-state index contributed by atoms with van der Waals surface area (Å²) in [5, 5.41) is 0.929. The van der Waals surface area contributed by atoms with Crippen LogP contribution in [-0.2, 0) is 9.84 Å². The number of H-pyrrole nitrogens is 1. The number of amides is 1. The fourth-order valence-electron chi connectivity index (χ4n) is 4.42. The lowest BCUT2D eigenvalue weighted by Gasteiger charge is -2.32. The van der Waals surface area contributed by atoms with Crippen LogP contribution in [0.3, 0.4) is 0 Å². The van der Waals surface area contributed by atoms with E-state index in [0.29, 0.717) is 41.9 Å². The van der Waals surface area contributed by atoms with E-state index in [9.17, 15) is 13.2 Å². The van der Waals surface area contributed by atoms with Crippen LogP contribution in [0.25, 0.3) is 10.9 Å². The Labute approximate surface area is 209 Å². The van der Waals surface area contributed by atoms with Crippen molar-refractivity contribution in [2.24, 2.45) is 0 Å². The lowest BCUT2D eigenvalue weighted by molar-refractivity contribution is 0.0587. The van der Waals surface area contributed by atoms with Gasteiger partial charge in [-0.15, -0.1) is 0 Å². The van der Waals surface area contributed by atoms with E-state index >= 15 is 0 Å². The number of ether oxygens (including phenoxy) is 1. The highest BCUT2D eigenvalue weighted by molar-refractivity contribution is 7.91. The van der Waals surface area contributed by atoms with Crippen LogP contribution < -0.4 is 4.74 Å². The minimum atomic E-state index is -3.97. The van der Waals surface area contributed by atoms with E-state index < -0.39 is 9.84 Å². The number of nitrogens with one attached hydrogen (secondary N) is 1. The molecule has 1 amide bonds. The van der Waals surface area contributed by atoms with Crippen LogP contribution in [0.2, 0.25) is 5.02 Å². The van der Waals surface area contributed by atoms with Crippen molar-refractivity contribution in [1.82, 2.24) is 9.88 Å². The zero-order valence-electron chi connectivity index (χ0n) is 19.2. The molecule has 8 heteroatoms. The Morgan fingerprint density at radius 1 is 0.971 bits per heavy atom. The quantitative estimate of drug-likeness (QED) is 0.378. The Kier molecular flexibility index (Phi) is 6.30. The van der Waals surface area contributed by atoms with E-state index in [0.717, 1.165) is 5.75 Å². The van der Waals surface area contributed by atoms with Gasteiger partial charge in [-0.1, -0.05) is 47.5 Å². The predicted molar refractivity (Wildman–Crippen MR) is 136 cm³/mol. The van der Waals surface area contributed by atoms with E-state index in [1.54, 1.807) is 29.2 Å². The molecule has 5 rings (SSSR count). The summed E-state index contributed by atoms with van der Waals surface area (Å²) < 4.78 is 33.4. The highest BCUT2D eigenvalue weighted by Crippen LogP contribution is 2.33. The Morgan fingerprint density at radius 2 is 1.63 bits per heavy atom. The summed E-state index contributed by atoms with van der Waals surface area (Å²) in [6.45, 7) is 2.98. The van der Waals surface area contributed by atoms with Crippen LogP contribution in [0.1, 0.15) is 28.9 Å². The Hall–Kier alpha value is -3.29. The lowest BCUT2D eigenvalue weighted by Crippen LogP contribution is -2.42. The number of piperidine rings is 1. The number of likely N-dealkylation sites (tertiary alicyclic amines) is 1. The molecule has 35 heavy (non-hydrogen) atoms. The van der Waals surface area contributed by atoms with Gasteiger partial charge in [0.1, 0.15) is 22.4 Å². The number of carbonyl (C=O) groups is 1. The van der Waals surface area contributed by atoms with Crippen molar-refractivity contribution in [3.05, 3.63) is 89.1 Å². The predicted octanol–water partition coefficient (Wildman–Crippen LogP) is 5.65. The standard InChI is InChI=1S/C27H25ClN2O4S/c1-18-6-10-20(11-7-18)34-21-14-16-30(17-15-21)27(31)25-26(23-4-2-3-5-24(23)29-25)35(32,33)22-12-8-19(28)9-13-22/h2-13,21,29H,14-17H2,1H3. The highest BCUT2D eigenvalue weighted by Gasteiger charge is 2.33. The number of benzene rings is 3. The average molecular weight is 509 g/mol. The number of hydrogen-bond acceptors (Lipinski definition) is 4. The van der Waals surface area contributed by atoms with Gasteiger partial charge >= 0.3 is 0 Å². The van der Waals surface area contributed by atoms with E-state index in [1.165, 1.54) is 29.8 Å². The monoisotopic (exact) mass is 508 g/mol. The Balaban J connectivity index is 1.42. The summed E-state index contributed by atoms with van der Waals surface area (Å²) in [4.78, 5) is 18.5. The number of rotatable bonds is 5. The third kappa shape index (κ3) is 4.66. The van der Waals surface area contributed by atoms with Crippen molar-refractivity contribution < 1.29 is 17.9 Å². The second-order valence-corrected chi connectivity index (χ2v) is 11.1. The molecule has 0 atom stereocenters. The molecule has 1 N–H and O–H groups in total. The lowest BCUT2D eigenvalue weighted by atomic mass is 10.1. The van der Waals surface area contributed by atoms with Gasteiger partial charge < -0.3 is 14.6 Å². The molecule has 6 nitrogen and oxygen atoms in total. The maximum atomic E-state index is 13.7. The third-order valence-electron chi connectivity index (χ3n) is 6.32. The molecule has 0 aliphatic carbocycles. The van der Waals surface area contributed by atoms with Crippen LogP contribution >= 0.6 is 11.6 Å². The molecule has 1 saturated heterocycles. The SMILES string of the molecule is Cc1ccc(OC2CCN(C(=O)c3[nH]c4ccccc4c3S(=O)(=O)c3ccc(Cl)cc3)CC2)cc1. The number of carbonyl (C=O) groups excluding carboxylic acids is 1. The molecule has 1 aliphatic rings. The largest absolute Gasteiger partial charge is 0.490 e. The molecule has 180 valence electrons. The third-order valence-corrected chi connectivity index (χ3v) is 8.42. The van der Waals surface area contributed by atoms with E-state index in [-0.39, 0.29) is 27.5 Å². The molecular formula is C27H25ClN2O4S. The van der Waals surface area contributed by atoms with Gasteiger partial charge in [0.2, 0.25) is 9.84 Å². The summed E-state index contributed by atoms with van der Waals surface area (Å²) in [6, 6.07) is 21.0. The molecule has 0 saturated carbocycles. The van der Waals surface area contributed by atoms with Gasteiger partial charge in [-0.05, 0) is 49.4 Å². The Morgan fingerprint density at radius 3 is 2.31 bits per heavy atom. The molecule has 1 aliphatic heterocycles. The number of aromatic nitrogens is 1. The fraction of sp³-hybridized carbons (Fsp3) is 0.222. The van der Waals surface area contributed by atoms with E-state index in [1.807, 2.05) is 31.2 Å². The van der Waals surface area contributed by atoms with Crippen molar-refractivity contribution in [3.63, 3.8) is 0 Å². The number of aromatic amines is 1. The van der Waals surface area contributed by atoms with Gasteiger partial charge in [-0.2, -0.15) is 0 Å². The molecule has 0 spiro atoms. The van der Waals surface area contributed by atoms with Gasteiger partial charge in [0.15, 0.2) is 0 Å². The number of sulfone groups is 1. The first kappa shape index (κ1) is 23.5. The van der Waals surface area contributed by atoms with Gasteiger partial charge in [-0.3, -0.25) is 4.79 Å². The number of hydrogen-bond donors (Lipinski definition) is 1. The van der Waals surface area contributed by atoms with Crippen molar-refractivity contribution >= 4 is 38.2 Å². The van der Waals surface area contributed by atoms with Gasteiger partial charge in [0.05, 0.1) is 4.90 Å². The minimum absolute atomic E-state index is 0.00143. The second kappa shape index (κ2) is 9.40. The first-order valence-corrected chi connectivity index (χ1v) is 13.3. The van der Waals surface area contributed by atoms with Gasteiger partial charge in [0.25, 0.3) is 5.91 Å². The first-order chi connectivity index (χ1) is 16.8. The molecule has 3 aromatic carbocycles. The van der Waals surface area contributed by atoms with E-state index in [4.69, 9.17) is 16.3 Å². The second-order valence-electron chi connectivity index (χ2n) is 8.75. The van der Waals surface area contributed by atoms with Crippen molar-refractivity contribution in [1.29, 1.82) is 0 Å². The maximum absolute atomic E-state index is 13.7. The molecule has 1 fully saturated rings. The summed E-state index contributed by atoms with van der Waals surface area (Å²) in [5.41, 5.74) is 1.85. The van der Waals surface area contributed by atoms with Gasteiger partial charge in [0, 0.05) is 41.9 Å². The summed E-state index contributed by atoms with van der Waals surface area (Å²) in [6.07, 6.45) is 1.33. The number of fused-ring (bicyclic) bond motifs is 1. The zero-order chi connectivity index (χ0) is 24.6. The zero-order valence-corrected chi connectivity index (χ0v) is 20.8. The van der Waals surface area contributed by atoms with Crippen molar-refractivity contribution in [2.45, 2.75) is 35.7 Å². The smallest absolute Gasteiger partial charge is 0.271 e. The first-order valence-electron chi connectivity index (χ1n) is 11.5. The number of halogens is 1. The number of para-hydroxylation sites is 1. The molecular weight excluding hydrogens is 484 g/mol. The molecule has 1 aromatic heterocycles. The summed E-state index contributed by atoms with van der Waals surface area (Å²) in [5.74, 6) is 0.481. The van der Waals surface area contributed by atoms with E-state index in [2.05, 4.69) is 4.98 Å². The number of aryl methyl sites for hydroxylation is 1. The molecule has 0 unspecified atom stereocenters. The van der Waals surface area contributed by atoms with Crippen LogP contribution in [0, 0.1) is 6.92 Å². The normalized spacial score (nSPS) is 14.9. The molecule has 0 bridgehead atoms. The molecule has 2 heterocycles. The Bertz CT molecular complexity index is 1470. The number of nitrogens with zero attached hydrogens (tertiary/aromatic N) is 1. The summed E-state index contributed by atoms with van der Waals surface area (Å²) in [7, 11) is -3.97. The highest BCUT2D eigenvalue weighted by atomic mass is 35.5. The van der Waals surface area contributed by atoms with Crippen LogP contribution in [0.5, 0.6) is 5.75 Å². The molecule has 0 radical (unpaired) electrons. The average Bonchev–Trinajstić information content (AvgIpc) is 3.26. The molecule has 4 aromatic rings. The van der Waals surface area contributed by atoms with Gasteiger partial charge in [-0.25, -0.2) is 8.42 Å². The topological polar surface area (TPSA) is 79.5 Å². The van der Waals surface area contributed by atoms with Crippen molar-refractivity contribution in [3.8, 4) is 5.75 Å². The van der Waals surface area contributed by atoms with Crippen LogP contribution in [0.15, 0.2) is 82.6 Å². The maximum Gasteiger partial charge on any atom is 0.271 e. The van der Waals surface area contributed by atoms with Crippen LogP contribution in [0.4, 0.5) is 0 Å². The van der Waals surface area contributed by atoms with Crippen molar-refractivity contribution in [2.75, 3.05) is 13.1 Å². The minimum Gasteiger partial charge on any atom is -0.490 e. The summed E-state index contributed by atoms with van der Waals surface area (Å²) >= 11 is 5.96.